The molecule has 0 saturated carbocycles. The number of fused-ring (bicyclic) bond motifs is 3. The van der Waals surface area contributed by atoms with Crippen LogP contribution in [0, 0.1) is 19.3 Å². The molecule has 1 heterocycles. The molecule has 5 aromatic rings. The number of para-hydroxylation sites is 1. The molecule has 4 nitrogen and oxygen atoms in total. The first-order chi connectivity index (χ1) is 18.5. The van der Waals surface area contributed by atoms with Gasteiger partial charge in [0.2, 0.25) is 0 Å². The molecule has 0 aliphatic carbocycles. The predicted octanol–water partition coefficient (Wildman–Crippen LogP) is 9.03. The summed E-state index contributed by atoms with van der Waals surface area (Å²) in [5, 5.41) is 13.7. The summed E-state index contributed by atoms with van der Waals surface area (Å²) in [5.41, 5.74) is 6.22. The Hall–Kier alpha value is -3.94. The second-order valence-corrected chi connectivity index (χ2v) is 10.4. The lowest BCUT2D eigenvalue weighted by Gasteiger charge is -2.13. The van der Waals surface area contributed by atoms with E-state index >= 15 is 0 Å². The number of anilines is 1. The van der Waals surface area contributed by atoms with Crippen molar-refractivity contribution in [3.63, 3.8) is 0 Å². The molecule has 2 N–H and O–H groups in total. The summed E-state index contributed by atoms with van der Waals surface area (Å²) in [6.07, 6.45) is 5.19. The van der Waals surface area contributed by atoms with E-state index in [0.29, 0.717) is 10.7 Å². The van der Waals surface area contributed by atoms with E-state index < -0.39 is 5.92 Å². The zero-order valence-corrected chi connectivity index (χ0v) is 23.1. The highest BCUT2D eigenvalue weighted by Gasteiger charge is 2.25. The molecule has 0 atom stereocenters. The topological polar surface area (TPSA) is 53.7 Å². The molecule has 39 heavy (non-hydrogen) atoms. The number of hydrogen-bond acceptors (Lipinski definition) is 3. The van der Waals surface area contributed by atoms with Crippen LogP contribution in [0.3, 0.4) is 0 Å². The van der Waals surface area contributed by atoms with Crippen LogP contribution in [0.5, 0.6) is 0 Å². The van der Waals surface area contributed by atoms with Crippen LogP contribution in [0.1, 0.15) is 29.2 Å². The van der Waals surface area contributed by atoms with Gasteiger partial charge in [-0.1, -0.05) is 72.4 Å². The van der Waals surface area contributed by atoms with Gasteiger partial charge in [0.1, 0.15) is 11.3 Å². The van der Waals surface area contributed by atoms with Crippen molar-refractivity contribution in [2.45, 2.75) is 26.7 Å². The predicted molar refractivity (Wildman–Crippen MR) is 162 cm³/mol. The number of imidazole rings is 1. The SMILES string of the molecule is Cc1cccc(C)c1NC(=S)C(=N)/C=C/c1ccc2c(ccc3c2ncn3-c2ccc(C(C)(F)F)cc2Cl)c1. The molecule has 0 aliphatic rings. The van der Waals surface area contributed by atoms with Gasteiger partial charge >= 0.3 is 0 Å². The quantitative estimate of drug-likeness (QED) is 0.161. The molecule has 8 heteroatoms. The number of aryl methyl sites for hydroxylation is 2. The molecule has 0 bridgehead atoms. The summed E-state index contributed by atoms with van der Waals surface area (Å²) < 4.78 is 29.2. The first kappa shape index (κ1) is 26.7. The minimum Gasteiger partial charge on any atom is -0.344 e. The first-order valence-electron chi connectivity index (χ1n) is 12.2. The fourth-order valence-electron chi connectivity index (χ4n) is 4.55. The van der Waals surface area contributed by atoms with Crippen LogP contribution in [-0.4, -0.2) is 20.3 Å². The van der Waals surface area contributed by atoms with E-state index in [0.717, 1.165) is 51.1 Å². The van der Waals surface area contributed by atoms with E-state index in [-0.39, 0.29) is 16.3 Å². The third-order valence-corrected chi connectivity index (χ3v) is 7.30. The molecule has 196 valence electrons. The second-order valence-electron chi connectivity index (χ2n) is 9.55. The van der Waals surface area contributed by atoms with E-state index in [1.807, 2.05) is 68.5 Å². The third-order valence-electron chi connectivity index (χ3n) is 6.68. The highest BCUT2D eigenvalue weighted by molar-refractivity contribution is 7.82. The van der Waals surface area contributed by atoms with Crippen LogP contribution in [0.25, 0.3) is 33.6 Å². The maximum atomic E-state index is 13.7. The highest BCUT2D eigenvalue weighted by Crippen LogP contribution is 2.34. The Morgan fingerprint density at radius 3 is 2.49 bits per heavy atom. The van der Waals surface area contributed by atoms with Crippen LogP contribution in [-0.2, 0) is 5.92 Å². The second kappa shape index (κ2) is 10.3. The molecular formula is C31H25ClF2N4S. The number of nitrogens with zero attached hydrogens (tertiary/aromatic N) is 2. The fourth-order valence-corrected chi connectivity index (χ4v) is 4.99. The lowest BCUT2D eigenvalue weighted by molar-refractivity contribution is 0.0175. The van der Waals surface area contributed by atoms with Crippen LogP contribution < -0.4 is 5.32 Å². The smallest absolute Gasteiger partial charge is 0.270 e. The number of rotatable bonds is 6. The van der Waals surface area contributed by atoms with Gasteiger partial charge in [-0.3, -0.25) is 9.98 Å². The van der Waals surface area contributed by atoms with Crippen molar-refractivity contribution in [3.8, 4) is 5.69 Å². The summed E-state index contributed by atoms with van der Waals surface area (Å²) in [6.45, 7) is 4.86. The van der Waals surface area contributed by atoms with Crippen LogP contribution >= 0.6 is 23.8 Å². The highest BCUT2D eigenvalue weighted by atomic mass is 35.5. The largest absolute Gasteiger partial charge is 0.344 e. The van der Waals surface area contributed by atoms with Gasteiger partial charge in [0.15, 0.2) is 0 Å². The molecule has 0 saturated heterocycles. The van der Waals surface area contributed by atoms with Gasteiger partial charge in [-0.2, -0.15) is 0 Å². The van der Waals surface area contributed by atoms with Gasteiger partial charge in [-0.15, -0.1) is 0 Å². The molecule has 0 spiro atoms. The Bertz CT molecular complexity index is 1780. The zero-order chi connectivity index (χ0) is 27.9. The number of aromatic nitrogens is 2. The van der Waals surface area contributed by atoms with E-state index in [4.69, 9.17) is 29.2 Å². The van der Waals surface area contributed by atoms with Crippen LogP contribution in [0.4, 0.5) is 14.5 Å². The number of benzene rings is 4. The summed E-state index contributed by atoms with van der Waals surface area (Å²) in [5.74, 6) is -2.97. The van der Waals surface area contributed by atoms with Crippen molar-refractivity contribution >= 4 is 68.1 Å². The molecule has 0 fully saturated rings. The van der Waals surface area contributed by atoms with Crippen LogP contribution in [0.2, 0.25) is 5.02 Å². The van der Waals surface area contributed by atoms with Crippen molar-refractivity contribution in [1.29, 1.82) is 5.41 Å². The molecule has 0 unspecified atom stereocenters. The van der Waals surface area contributed by atoms with E-state index in [1.54, 1.807) is 23.0 Å². The Labute approximate surface area is 235 Å². The first-order valence-corrected chi connectivity index (χ1v) is 13.0. The average molecular weight is 559 g/mol. The number of hydrogen-bond donors (Lipinski definition) is 2. The number of thiocarbonyl (C=S) groups is 1. The van der Waals surface area contributed by atoms with Gasteiger partial charge in [0.25, 0.3) is 5.92 Å². The summed E-state index contributed by atoms with van der Waals surface area (Å²) in [4.78, 5) is 4.95. The summed E-state index contributed by atoms with van der Waals surface area (Å²) >= 11 is 11.8. The molecular weight excluding hydrogens is 534 g/mol. The van der Waals surface area contributed by atoms with Gasteiger partial charge in [0, 0.05) is 23.6 Å². The molecule has 5 rings (SSSR count). The fraction of sp³-hybridized carbons (Fsp3) is 0.129. The normalized spacial score (nSPS) is 11.9. The lowest BCUT2D eigenvalue weighted by Crippen LogP contribution is -2.19. The minimum absolute atomic E-state index is 0.137. The molecule has 0 amide bonds. The van der Waals surface area contributed by atoms with Gasteiger partial charge < -0.3 is 5.32 Å². The van der Waals surface area contributed by atoms with Gasteiger partial charge in [-0.05, 0) is 66.3 Å². The van der Waals surface area contributed by atoms with Crippen molar-refractivity contribution in [1.82, 2.24) is 9.55 Å². The van der Waals surface area contributed by atoms with Crippen molar-refractivity contribution in [2.75, 3.05) is 5.32 Å². The van der Waals surface area contributed by atoms with Gasteiger partial charge in [0.05, 0.1) is 27.5 Å². The van der Waals surface area contributed by atoms with Crippen molar-refractivity contribution < 1.29 is 8.78 Å². The Morgan fingerprint density at radius 2 is 1.79 bits per heavy atom. The zero-order valence-electron chi connectivity index (χ0n) is 21.5. The molecule has 4 aromatic carbocycles. The molecule has 0 radical (unpaired) electrons. The number of alkyl halides is 2. The van der Waals surface area contributed by atoms with Crippen molar-refractivity contribution in [2.24, 2.45) is 0 Å². The van der Waals surface area contributed by atoms with E-state index in [2.05, 4.69) is 10.3 Å². The monoisotopic (exact) mass is 558 g/mol. The summed E-state index contributed by atoms with van der Waals surface area (Å²) in [6, 6.07) is 20.1. The van der Waals surface area contributed by atoms with Crippen LogP contribution in [0.15, 0.2) is 79.1 Å². The van der Waals surface area contributed by atoms with E-state index in [1.165, 1.54) is 12.1 Å². The number of halogens is 3. The lowest BCUT2D eigenvalue weighted by atomic mass is 10.0. The Morgan fingerprint density at radius 1 is 1.05 bits per heavy atom. The van der Waals surface area contributed by atoms with Crippen molar-refractivity contribution in [3.05, 3.63) is 106 Å². The maximum absolute atomic E-state index is 13.7. The Kier molecular flexibility index (Phi) is 7.05. The minimum atomic E-state index is -2.97. The maximum Gasteiger partial charge on any atom is 0.270 e. The molecule has 0 aliphatic heterocycles. The Balaban J connectivity index is 1.40. The third kappa shape index (κ3) is 5.33. The summed E-state index contributed by atoms with van der Waals surface area (Å²) in [7, 11) is 0. The van der Waals surface area contributed by atoms with E-state index in [9.17, 15) is 8.78 Å². The standard InChI is InChI=1S/C31H25ClF2N4S/c1-18-5-4-6-19(2)28(18)37-30(39)25(35)12-8-20-7-11-23-21(15-20)9-13-27-29(23)36-17-38(27)26-14-10-22(16-24(26)32)31(3,33)34/h4-17,35H,1-3H3,(H,37,39)/b12-8+,35-25?. The van der Waals surface area contributed by atoms with Gasteiger partial charge in [-0.25, -0.2) is 13.8 Å². The average Bonchev–Trinajstić information content (AvgIpc) is 3.33. The number of nitrogens with one attached hydrogen (secondary N) is 2. The molecule has 1 aromatic heterocycles.